The Bertz CT molecular complexity index is 465. The molecule has 0 fully saturated rings. The summed E-state index contributed by atoms with van der Waals surface area (Å²) in [7, 11) is 0. The Morgan fingerprint density at radius 2 is 2.18 bits per heavy atom. The van der Waals surface area contributed by atoms with E-state index < -0.39 is 0 Å². The number of hydrogen-bond donors (Lipinski definition) is 2. The first-order valence-corrected chi connectivity index (χ1v) is 5.29. The molecule has 0 radical (unpaired) electrons. The SMILES string of the molecule is NC(=NCc1ccccc1)NCc1cocn1. The van der Waals surface area contributed by atoms with Crippen molar-refractivity contribution in [3.8, 4) is 0 Å². The van der Waals surface area contributed by atoms with Gasteiger partial charge in [-0.25, -0.2) is 9.98 Å². The van der Waals surface area contributed by atoms with Crippen molar-refractivity contribution in [2.45, 2.75) is 13.1 Å². The molecule has 0 saturated heterocycles. The topological polar surface area (TPSA) is 76.4 Å². The molecule has 0 bridgehead atoms. The fraction of sp³-hybridized carbons (Fsp3) is 0.167. The van der Waals surface area contributed by atoms with Gasteiger partial charge in [0.15, 0.2) is 12.4 Å². The fourth-order valence-corrected chi connectivity index (χ4v) is 1.32. The van der Waals surface area contributed by atoms with Crippen LogP contribution in [0.25, 0.3) is 0 Å². The van der Waals surface area contributed by atoms with E-state index in [0.717, 1.165) is 11.3 Å². The molecule has 0 aliphatic rings. The zero-order valence-electron chi connectivity index (χ0n) is 9.34. The Kier molecular flexibility index (Phi) is 3.75. The summed E-state index contributed by atoms with van der Waals surface area (Å²) in [6.45, 7) is 1.08. The normalized spacial score (nSPS) is 11.4. The molecule has 0 unspecified atom stereocenters. The van der Waals surface area contributed by atoms with Crippen molar-refractivity contribution in [2.75, 3.05) is 0 Å². The minimum absolute atomic E-state index is 0.400. The van der Waals surface area contributed by atoms with Crippen LogP contribution in [0.3, 0.4) is 0 Å². The second-order valence-corrected chi connectivity index (χ2v) is 3.52. The molecule has 1 aromatic carbocycles. The first kappa shape index (κ1) is 11.2. The molecule has 1 aromatic heterocycles. The van der Waals surface area contributed by atoms with Gasteiger partial charge in [0.1, 0.15) is 6.26 Å². The Morgan fingerprint density at radius 1 is 1.35 bits per heavy atom. The molecule has 0 atom stereocenters. The van der Waals surface area contributed by atoms with Gasteiger partial charge < -0.3 is 15.5 Å². The van der Waals surface area contributed by atoms with Crippen molar-refractivity contribution in [3.63, 3.8) is 0 Å². The van der Waals surface area contributed by atoms with Gasteiger partial charge in [-0.1, -0.05) is 30.3 Å². The molecule has 17 heavy (non-hydrogen) atoms. The summed E-state index contributed by atoms with van der Waals surface area (Å²) >= 11 is 0. The third-order valence-electron chi connectivity index (χ3n) is 2.21. The molecule has 0 aliphatic carbocycles. The van der Waals surface area contributed by atoms with Crippen molar-refractivity contribution in [1.29, 1.82) is 0 Å². The average Bonchev–Trinajstić information content (AvgIpc) is 2.88. The van der Waals surface area contributed by atoms with E-state index in [1.165, 1.54) is 6.39 Å². The van der Waals surface area contributed by atoms with Gasteiger partial charge in [-0.2, -0.15) is 0 Å². The number of nitrogens with zero attached hydrogens (tertiary/aromatic N) is 2. The second-order valence-electron chi connectivity index (χ2n) is 3.52. The second kappa shape index (κ2) is 5.69. The van der Waals surface area contributed by atoms with Gasteiger partial charge in [0.2, 0.25) is 0 Å². The largest absolute Gasteiger partial charge is 0.451 e. The van der Waals surface area contributed by atoms with Crippen LogP contribution in [0.5, 0.6) is 0 Å². The van der Waals surface area contributed by atoms with E-state index in [2.05, 4.69) is 15.3 Å². The summed E-state index contributed by atoms with van der Waals surface area (Å²) in [5, 5.41) is 2.96. The Labute approximate surface area is 99.4 Å². The minimum atomic E-state index is 0.400. The van der Waals surface area contributed by atoms with Gasteiger partial charge in [-0.15, -0.1) is 0 Å². The average molecular weight is 230 g/mol. The molecule has 0 aliphatic heterocycles. The standard InChI is InChI=1S/C12H14N4O/c13-12(15-7-11-8-17-9-16-11)14-6-10-4-2-1-3-5-10/h1-5,8-9H,6-7H2,(H3,13,14,15). The number of benzene rings is 1. The minimum Gasteiger partial charge on any atom is -0.451 e. The molecule has 5 heteroatoms. The van der Waals surface area contributed by atoms with E-state index in [1.807, 2.05) is 30.3 Å². The van der Waals surface area contributed by atoms with Crippen LogP contribution >= 0.6 is 0 Å². The monoisotopic (exact) mass is 230 g/mol. The third-order valence-corrected chi connectivity index (χ3v) is 2.21. The van der Waals surface area contributed by atoms with E-state index in [9.17, 15) is 0 Å². The van der Waals surface area contributed by atoms with Crippen LogP contribution in [0.1, 0.15) is 11.3 Å². The van der Waals surface area contributed by atoms with Crippen molar-refractivity contribution in [3.05, 3.63) is 54.2 Å². The molecule has 0 saturated carbocycles. The molecule has 5 nitrogen and oxygen atoms in total. The van der Waals surface area contributed by atoms with Gasteiger partial charge in [0, 0.05) is 0 Å². The van der Waals surface area contributed by atoms with Gasteiger partial charge in [-0.05, 0) is 5.56 Å². The summed E-state index contributed by atoms with van der Waals surface area (Å²) in [5.41, 5.74) is 7.64. The lowest BCUT2D eigenvalue weighted by atomic mass is 10.2. The number of aliphatic imine (C=N–C) groups is 1. The maximum Gasteiger partial charge on any atom is 0.189 e. The lowest BCUT2D eigenvalue weighted by Gasteiger charge is -2.03. The predicted octanol–water partition coefficient (Wildman–Crippen LogP) is 1.28. The van der Waals surface area contributed by atoms with E-state index >= 15 is 0 Å². The van der Waals surface area contributed by atoms with Crippen LogP contribution < -0.4 is 11.1 Å². The van der Waals surface area contributed by atoms with Crippen molar-refractivity contribution < 1.29 is 4.42 Å². The highest BCUT2D eigenvalue weighted by Crippen LogP contribution is 1.99. The number of nitrogens with two attached hydrogens (primary N) is 1. The first-order valence-electron chi connectivity index (χ1n) is 5.29. The van der Waals surface area contributed by atoms with Crippen LogP contribution in [0, 0.1) is 0 Å². The number of hydrogen-bond acceptors (Lipinski definition) is 3. The zero-order chi connectivity index (χ0) is 11.9. The molecule has 2 aromatic rings. The molecule has 0 spiro atoms. The van der Waals surface area contributed by atoms with Crippen LogP contribution in [-0.2, 0) is 13.1 Å². The highest BCUT2D eigenvalue weighted by atomic mass is 16.3. The first-order chi connectivity index (χ1) is 8.34. The lowest BCUT2D eigenvalue weighted by molar-refractivity contribution is 0.556. The fourth-order valence-electron chi connectivity index (χ4n) is 1.32. The molecule has 1 heterocycles. The summed E-state index contributed by atoms with van der Waals surface area (Å²) < 4.78 is 4.84. The van der Waals surface area contributed by atoms with E-state index in [1.54, 1.807) is 6.26 Å². The number of aromatic nitrogens is 1. The number of guanidine groups is 1. The van der Waals surface area contributed by atoms with Gasteiger partial charge in [-0.3, -0.25) is 0 Å². The summed E-state index contributed by atoms with van der Waals surface area (Å²) in [6.07, 6.45) is 2.95. The highest BCUT2D eigenvalue weighted by Gasteiger charge is 1.96. The number of nitrogens with one attached hydrogen (secondary N) is 1. The summed E-state index contributed by atoms with van der Waals surface area (Å²) in [5.74, 6) is 0.400. The Balaban J connectivity index is 1.81. The summed E-state index contributed by atoms with van der Waals surface area (Å²) in [6, 6.07) is 9.94. The third kappa shape index (κ3) is 3.64. The van der Waals surface area contributed by atoms with Crippen LogP contribution in [0.4, 0.5) is 0 Å². The van der Waals surface area contributed by atoms with Crippen LogP contribution in [-0.4, -0.2) is 10.9 Å². The number of oxazole rings is 1. The molecule has 88 valence electrons. The van der Waals surface area contributed by atoms with Crippen molar-refractivity contribution >= 4 is 5.96 Å². The number of rotatable bonds is 4. The summed E-state index contributed by atoms with van der Waals surface area (Å²) in [4.78, 5) is 8.19. The lowest BCUT2D eigenvalue weighted by Crippen LogP contribution is -2.31. The van der Waals surface area contributed by atoms with Crippen molar-refractivity contribution in [2.24, 2.45) is 10.7 Å². The molecular weight excluding hydrogens is 216 g/mol. The van der Waals surface area contributed by atoms with E-state index in [-0.39, 0.29) is 0 Å². The molecular formula is C12H14N4O. The predicted molar refractivity (Wildman–Crippen MR) is 65.1 cm³/mol. The van der Waals surface area contributed by atoms with E-state index in [0.29, 0.717) is 19.0 Å². The molecule has 0 amide bonds. The Morgan fingerprint density at radius 3 is 2.88 bits per heavy atom. The Hall–Kier alpha value is -2.30. The molecule has 2 rings (SSSR count). The molecule has 3 N–H and O–H groups in total. The van der Waals surface area contributed by atoms with Crippen molar-refractivity contribution in [1.82, 2.24) is 10.3 Å². The maximum absolute atomic E-state index is 5.72. The van der Waals surface area contributed by atoms with Crippen LogP contribution in [0.2, 0.25) is 0 Å². The highest BCUT2D eigenvalue weighted by molar-refractivity contribution is 5.77. The smallest absolute Gasteiger partial charge is 0.189 e. The van der Waals surface area contributed by atoms with Gasteiger partial charge in [0.05, 0.1) is 18.8 Å². The zero-order valence-corrected chi connectivity index (χ0v) is 9.34. The quantitative estimate of drug-likeness (QED) is 0.612. The van der Waals surface area contributed by atoms with Gasteiger partial charge in [0.25, 0.3) is 0 Å². The van der Waals surface area contributed by atoms with Gasteiger partial charge >= 0.3 is 0 Å². The van der Waals surface area contributed by atoms with E-state index in [4.69, 9.17) is 10.2 Å². The van der Waals surface area contributed by atoms with Crippen LogP contribution in [0.15, 0.2) is 52.4 Å². The maximum atomic E-state index is 5.72.